The van der Waals surface area contributed by atoms with E-state index in [2.05, 4.69) is 0 Å². The molecule has 0 unspecified atom stereocenters. The predicted molar refractivity (Wildman–Crippen MR) is 29.7 cm³/mol. The third-order valence-corrected chi connectivity index (χ3v) is 0. The Kier molecular flexibility index (Phi) is 4.74. The van der Waals surface area contributed by atoms with E-state index in [1.54, 1.807) is 0 Å². The summed E-state index contributed by atoms with van der Waals surface area (Å²) in [5.41, 5.74) is 5.35. The van der Waals surface area contributed by atoms with Crippen molar-refractivity contribution in [3.05, 3.63) is 0 Å². The van der Waals surface area contributed by atoms with Crippen LogP contribution in [0.5, 0.6) is 0 Å². The molecule has 0 saturated heterocycles. The van der Waals surface area contributed by atoms with Crippen molar-refractivity contribution in [2.45, 2.75) is 26.3 Å². The molecule has 0 aromatic rings. The van der Waals surface area contributed by atoms with Gasteiger partial charge in [-0.15, -0.1) is 0 Å². The van der Waals surface area contributed by atoms with E-state index in [-0.39, 0.29) is 30.0 Å². The molecule has 2 heteroatoms. The molecule has 0 rings (SSSR count). The molecule has 0 spiro atoms. The summed E-state index contributed by atoms with van der Waals surface area (Å²) in [6, 6.07) is 0. The Morgan fingerprint density at radius 1 is 1.17 bits per heavy atom. The third-order valence-electron chi connectivity index (χ3n) is 0. The molecule has 0 aromatic heterocycles. The molecule has 0 aliphatic rings. The summed E-state index contributed by atoms with van der Waals surface area (Å²) in [7, 11) is 0. The third kappa shape index (κ3) is 113. The van der Waals surface area contributed by atoms with Crippen LogP contribution in [0.15, 0.2) is 0 Å². The van der Waals surface area contributed by atoms with Crippen molar-refractivity contribution in [2.24, 2.45) is 5.73 Å². The maximum absolute atomic E-state index is 5.35. The number of rotatable bonds is 0. The Hall–Kier alpha value is 0.778. The summed E-state index contributed by atoms with van der Waals surface area (Å²) in [5.74, 6) is 0. The molecule has 0 heterocycles. The largest absolute Gasteiger partial charge is 0.326 e. The van der Waals surface area contributed by atoms with Crippen molar-refractivity contribution >= 4 is 24.4 Å². The normalized spacial score (nSPS) is 10.0. The Bertz CT molecular complexity index is 23.0. The molecule has 37 valence electrons. The van der Waals surface area contributed by atoms with E-state index in [4.69, 9.17) is 5.73 Å². The van der Waals surface area contributed by atoms with Gasteiger partial charge in [-0.3, -0.25) is 0 Å². The molecule has 6 heavy (non-hydrogen) atoms. The second-order valence-electron chi connectivity index (χ2n) is 2.37. The van der Waals surface area contributed by atoms with E-state index < -0.39 is 0 Å². The van der Waals surface area contributed by atoms with Crippen molar-refractivity contribution in [3.63, 3.8) is 0 Å². The van der Waals surface area contributed by atoms with Crippen LogP contribution in [0.25, 0.3) is 0 Å². The molecule has 0 aliphatic heterocycles. The number of hydrogen-bond donors (Lipinski definition) is 1. The summed E-state index contributed by atoms with van der Waals surface area (Å²) in [5, 5.41) is 0. The van der Waals surface area contributed by atoms with Gasteiger partial charge < -0.3 is 5.73 Å². The van der Waals surface area contributed by atoms with Crippen LogP contribution in [-0.4, -0.2) is 30.0 Å². The van der Waals surface area contributed by atoms with Crippen molar-refractivity contribution in [2.75, 3.05) is 0 Å². The summed E-state index contributed by atoms with van der Waals surface area (Å²) < 4.78 is 0. The van der Waals surface area contributed by atoms with E-state index >= 15 is 0 Å². The zero-order chi connectivity index (χ0) is 4.50. The molecule has 1 nitrogen and oxygen atoms in total. The van der Waals surface area contributed by atoms with Crippen LogP contribution in [0, 0.1) is 0 Å². The average Bonchev–Trinajstić information content (AvgIpc) is 0.722. The van der Waals surface area contributed by atoms with Gasteiger partial charge in [-0.1, -0.05) is 0 Å². The smallest absolute Gasteiger partial charge is 0.00686 e. The Balaban J connectivity index is 0. The number of hydrogen-bond acceptors (Lipinski definition) is 1. The van der Waals surface area contributed by atoms with Gasteiger partial charge in [0.05, 0.1) is 0 Å². The van der Waals surface area contributed by atoms with Crippen LogP contribution >= 0.6 is 0 Å². The first-order valence-electron chi connectivity index (χ1n) is 1.79. The van der Waals surface area contributed by atoms with Gasteiger partial charge in [0.2, 0.25) is 0 Å². The first-order valence-corrected chi connectivity index (χ1v) is 1.79. The minimum atomic E-state index is 0. The molecular weight excluding hydrogens is 184 g/mol. The summed E-state index contributed by atoms with van der Waals surface area (Å²) in [6.45, 7) is 5.90. The summed E-state index contributed by atoms with van der Waals surface area (Å²) in [6.07, 6.45) is 0. The SMILES string of the molecule is CC(C)(C)N.[Sb]. The standard InChI is InChI=1S/C4H11N.Sb/c1-4(2,3)5;/h5H2,1-3H3;. The second-order valence-corrected chi connectivity index (χ2v) is 2.37. The fraction of sp³-hybridized carbons (Fsp3) is 1.00. The van der Waals surface area contributed by atoms with E-state index in [0.29, 0.717) is 0 Å². The topological polar surface area (TPSA) is 26.0 Å². The maximum atomic E-state index is 5.35. The van der Waals surface area contributed by atoms with E-state index in [0.717, 1.165) is 0 Å². The van der Waals surface area contributed by atoms with Crippen molar-refractivity contribution in [1.82, 2.24) is 0 Å². The zero-order valence-electron chi connectivity index (χ0n) is 4.52. The van der Waals surface area contributed by atoms with Gasteiger partial charge in [0.1, 0.15) is 0 Å². The van der Waals surface area contributed by atoms with Crippen LogP contribution in [-0.2, 0) is 0 Å². The van der Waals surface area contributed by atoms with Gasteiger partial charge in [0.15, 0.2) is 0 Å². The van der Waals surface area contributed by atoms with Gasteiger partial charge in [-0.05, 0) is 20.8 Å². The first-order chi connectivity index (χ1) is 2.00. The van der Waals surface area contributed by atoms with Gasteiger partial charge in [-0.25, -0.2) is 0 Å². The molecule has 0 saturated carbocycles. The minimum absolute atomic E-state index is 0. The molecule has 0 aromatic carbocycles. The van der Waals surface area contributed by atoms with E-state index in [1.807, 2.05) is 20.8 Å². The Morgan fingerprint density at radius 2 is 1.17 bits per heavy atom. The fourth-order valence-electron chi connectivity index (χ4n) is 0. The summed E-state index contributed by atoms with van der Waals surface area (Å²) >= 11 is 0. The van der Waals surface area contributed by atoms with Crippen molar-refractivity contribution < 1.29 is 0 Å². The van der Waals surface area contributed by atoms with Crippen LogP contribution in [0.2, 0.25) is 0 Å². The molecule has 2 N–H and O–H groups in total. The van der Waals surface area contributed by atoms with E-state index in [9.17, 15) is 0 Å². The fourth-order valence-corrected chi connectivity index (χ4v) is 0. The second kappa shape index (κ2) is 2.87. The summed E-state index contributed by atoms with van der Waals surface area (Å²) in [4.78, 5) is 0. The van der Waals surface area contributed by atoms with Gasteiger partial charge in [0.25, 0.3) is 0 Å². The van der Waals surface area contributed by atoms with Gasteiger partial charge in [-0.2, -0.15) is 0 Å². The maximum Gasteiger partial charge on any atom is 0.00686 e. The van der Waals surface area contributed by atoms with Crippen molar-refractivity contribution in [1.29, 1.82) is 0 Å². The van der Waals surface area contributed by atoms with Gasteiger partial charge >= 0.3 is 0 Å². The molecule has 0 fully saturated rings. The van der Waals surface area contributed by atoms with E-state index in [1.165, 1.54) is 0 Å². The van der Waals surface area contributed by atoms with Crippen LogP contribution in [0.3, 0.4) is 0 Å². The Morgan fingerprint density at radius 3 is 1.17 bits per heavy atom. The molecule has 0 aliphatic carbocycles. The first kappa shape index (κ1) is 9.91. The van der Waals surface area contributed by atoms with Crippen molar-refractivity contribution in [3.8, 4) is 0 Å². The molecule has 0 amide bonds. The molecule has 0 bridgehead atoms. The molecular formula is C4H11NSb. The average molecular weight is 195 g/mol. The minimum Gasteiger partial charge on any atom is -0.326 e. The monoisotopic (exact) mass is 194 g/mol. The zero-order valence-corrected chi connectivity index (χ0v) is 7.08. The van der Waals surface area contributed by atoms with Gasteiger partial charge in [0, 0.05) is 30.0 Å². The number of nitrogens with two attached hydrogens (primary N) is 1. The van der Waals surface area contributed by atoms with Crippen LogP contribution in [0.4, 0.5) is 0 Å². The van der Waals surface area contributed by atoms with Crippen LogP contribution in [0.1, 0.15) is 20.8 Å². The molecule has 0 atom stereocenters. The predicted octanol–water partition coefficient (Wildman–Crippen LogP) is 0.363. The quantitative estimate of drug-likeness (QED) is 0.555. The molecule has 3 radical (unpaired) electrons. The van der Waals surface area contributed by atoms with Crippen LogP contribution < -0.4 is 5.73 Å². The Labute approximate surface area is 56.7 Å².